The SMILES string of the molecule is CC(C)OC(=O)c1c(NC(=O)c2cc(F)c(F)c(F)c2)sc2c1CC(C)(C)NC2(C)C. The molecule has 0 atom stereocenters. The van der Waals surface area contributed by atoms with Crippen molar-refractivity contribution in [2.45, 2.75) is 65.1 Å². The molecule has 0 saturated carbocycles. The number of amides is 1. The van der Waals surface area contributed by atoms with Crippen LogP contribution in [0.3, 0.4) is 0 Å². The van der Waals surface area contributed by atoms with Gasteiger partial charge in [-0.3, -0.25) is 4.79 Å². The molecular formula is C22H25F3N2O3S. The van der Waals surface area contributed by atoms with Crippen LogP contribution < -0.4 is 10.6 Å². The fraction of sp³-hybridized carbons (Fsp3) is 0.455. The molecule has 0 spiro atoms. The van der Waals surface area contributed by atoms with Crippen molar-refractivity contribution < 1.29 is 27.5 Å². The van der Waals surface area contributed by atoms with Crippen LogP contribution in [0.5, 0.6) is 0 Å². The molecule has 1 aliphatic heterocycles. The van der Waals surface area contributed by atoms with Gasteiger partial charge in [-0.1, -0.05) is 0 Å². The monoisotopic (exact) mass is 454 g/mol. The van der Waals surface area contributed by atoms with E-state index in [2.05, 4.69) is 10.6 Å². The van der Waals surface area contributed by atoms with Crippen LogP contribution in [0.2, 0.25) is 0 Å². The summed E-state index contributed by atoms with van der Waals surface area (Å²) in [5.74, 6) is -6.04. The maximum Gasteiger partial charge on any atom is 0.341 e. The number of benzene rings is 1. The van der Waals surface area contributed by atoms with Crippen LogP contribution in [0.4, 0.5) is 18.2 Å². The lowest BCUT2D eigenvalue weighted by molar-refractivity contribution is 0.0377. The van der Waals surface area contributed by atoms with Crippen molar-refractivity contribution in [3.05, 3.63) is 51.2 Å². The lowest BCUT2D eigenvalue weighted by Gasteiger charge is -2.42. The fourth-order valence-corrected chi connectivity index (χ4v) is 5.23. The zero-order valence-corrected chi connectivity index (χ0v) is 19.0. The van der Waals surface area contributed by atoms with Crippen molar-refractivity contribution >= 4 is 28.2 Å². The zero-order valence-electron chi connectivity index (χ0n) is 18.2. The summed E-state index contributed by atoms with van der Waals surface area (Å²) in [6.45, 7) is 11.4. The van der Waals surface area contributed by atoms with E-state index in [0.29, 0.717) is 18.6 Å². The van der Waals surface area contributed by atoms with Crippen molar-refractivity contribution in [3.63, 3.8) is 0 Å². The molecule has 0 unspecified atom stereocenters. The highest BCUT2D eigenvalue weighted by Gasteiger charge is 2.42. The second kappa shape index (κ2) is 7.94. The first kappa shape index (κ1) is 23.3. The zero-order chi connectivity index (χ0) is 23.3. The van der Waals surface area contributed by atoms with Gasteiger partial charge < -0.3 is 15.4 Å². The Morgan fingerprint density at radius 1 is 1.13 bits per heavy atom. The Labute approximate surface area is 183 Å². The number of rotatable bonds is 4. The van der Waals surface area contributed by atoms with E-state index in [-0.39, 0.29) is 22.2 Å². The average molecular weight is 455 g/mol. The summed E-state index contributed by atoms with van der Waals surface area (Å²) in [6.07, 6.45) is 0.134. The van der Waals surface area contributed by atoms with Crippen LogP contribution in [0.1, 0.15) is 72.7 Å². The molecule has 2 heterocycles. The molecular weight excluding hydrogens is 429 g/mol. The molecule has 2 aromatic rings. The number of esters is 1. The maximum atomic E-state index is 13.6. The first-order valence-electron chi connectivity index (χ1n) is 9.84. The first-order chi connectivity index (χ1) is 14.2. The van der Waals surface area contributed by atoms with Gasteiger partial charge >= 0.3 is 5.97 Å². The quantitative estimate of drug-likeness (QED) is 0.496. The molecule has 5 nitrogen and oxygen atoms in total. The molecule has 0 radical (unpaired) electrons. The standard InChI is InChI=1S/C22H25F3N2O3S/c1-10(2)30-20(29)15-12-9-21(3,4)27-22(5,6)17(12)31-19(15)26-18(28)11-7-13(23)16(25)14(24)8-11/h7-8,10,27H,9H2,1-6H3,(H,26,28). The molecule has 1 aliphatic rings. The second-order valence-corrected chi connectivity index (χ2v) is 10.1. The molecule has 0 saturated heterocycles. The Kier molecular flexibility index (Phi) is 5.96. The molecule has 0 aliphatic carbocycles. The lowest BCUT2D eigenvalue weighted by atomic mass is 9.81. The van der Waals surface area contributed by atoms with Crippen LogP contribution >= 0.6 is 11.3 Å². The summed E-state index contributed by atoms with van der Waals surface area (Å²) in [5.41, 5.74) is -0.228. The predicted octanol–water partition coefficient (Wildman–Crippen LogP) is 5.14. The highest BCUT2D eigenvalue weighted by molar-refractivity contribution is 7.17. The predicted molar refractivity (Wildman–Crippen MR) is 113 cm³/mol. The fourth-order valence-electron chi connectivity index (χ4n) is 3.97. The molecule has 31 heavy (non-hydrogen) atoms. The third-order valence-corrected chi connectivity index (χ3v) is 6.34. The molecule has 0 bridgehead atoms. The van der Waals surface area contributed by atoms with Gasteiger partial charge in [-0.05, 0) is 65.7 Å². The number of thiophene rings is 1. The molecule has 2 N–H and O–H groups in total. The summed E-state index contributed by atoms with van der Waals surface area (Å²) in [4.78, 5) is 26.5. The Hall–Kier alpha value is -2.39. The Balaban J connectivity index is 2.09. The highest BCUT2D eigenvalue weighted by atomic mass is 32.1. The number of carbonyl (C=O) groups is 2. The minimum atomic E-state index is -1.65. The highest BCUT2D eigenvalue weighted by Crippen LogP contribution is 2.45. The van der Waals surface area contributed by atoms with E-state index in [9.17, 15) is 22.8 Å². The van der Waals surface area contributed by atoms with E-state index in [1.807, 2.05) is 27.7 Å². The largest absolute Gasteiger partial charge is 0.459 e. The van der Waals surface area contributed by atoms with Crippen molar-refractivity contribution in [1.82, 2.24) is 5.32 Å². The number of ether oxygens (including phenoxy) is 1. The Bertz CT molecular complexity index is 1040. The summed E-state index contributed by atoms with van der Waals surface area (Å²) < 4.78 is 45.8. The van der Waals surface area contributed by atoms with Crippen LogP contribution in [-0.4, -0.2) is 23.5 Å². The first-order valence-corrected chi connectivity index (χ1v) is 10.7. The third-order valence-electron chi connectivity index (χ3n) is 4.86. The van der Waals surface area contributed by atoms with Gasteiger partial charge in [0.1, 0.15) is 5.00 Å². The van der Waals surface area contributed by atoms with Gasteiger partial charge in [0.15, 0.2) is 17.5 Å². The topological polar surface area (TPSA) is 67.4 Å². The van der Waals surface area contributed by atoms with E-state index >= 15 is 0 Å². The van der Waals surface area contributed by atoms with Gasteiger partial charge in [0.05, 0.1) is 11.7 Å². The van der Waals surface area contributed by atoms with Crippen molar-refractivity contribution in [2.24, 2.45) is 0 Å². The number of carbonyl (C=O) groups excluding carboxylic acids is 2. The smallest absolute Gasteiger partial charge is 0.341 e. The maximum absolute atomic E-state index is 13.6. The minimum Gasteiger partial charge on any atom is -0.459 e. The van der Waals surface area contributed by atoms with Crippen LogP contribution in [0.15, 0.2) is 12.1 Å². The summed E-state index contributed by atoms with van der Waals surface area (Å²) in [5, 5.41) is 6.31. The van der Waals surface area contributed by atoms with Gasteiger partial charge in [0.25, 0.3) is 5.91 Å². The molecule has 9 heteroatoms. The van der Waals surface area contributed by atoms with E-state index in [4.69, 9.17) is 4.74 Å². The summed E-state index contributed by atoms with van der Waals surface area (Å²) >= 11 is 1.20. The van der Waals surface area contributed by atoms with Gasteiger partial charge in [0.2, 0.25) is 0 Å². The number of nitrogens with one attached hydrogen (secondary N) is 2. The molecule has 168 valence electrons. The third kappa shape index (κ3) is 4.62. The summed E-state index contributed by atoms with van der Waals surface area (Å²) in [6, 6.07) is 1.23. The molecule has 1 aromatic carbocycles. The molecule has 3 rings (SSSR count). The average Bonchev–Trinajstić information content (AvgIpc) is 2.95. The Morgan fingerprint density at radius 3 is 2.26 bits per heavy atom. The van der Waals surface area contributed by atoms with Crippen molar-refractivity contribution in [3.8, 4) is 0 Å². The minimum absolute atomic E-state index is 0.221. The number of hydrogen-bond acceptors (Lipinski definition) is 5. The molecule has 1 amide bonds. The van der Waals surface area contributed by atoms with Gasteiger partial charge in [-0.2, -0.15) is 0 Å². The second-order valence-electron chi connectivity index (χ2n) is 9.09. The van der Waals surface area contributed by atoms with Gasteiger partial charge in [-0.25, -0.2) is 18.0 Å². The molecule has 0 fully saturated rings. The number of halogens is 3. The van der Waals surface area contributed by atoms with Crippen LogP contribution in [0, 0.1) is 17.5 Å². The number of fused-ring (bicyclic) bond motifs is 1. The number of hydrogen-bond donors (Lipinski definition) is 2. The van der Waals surface area contributed by atoms with Crippen molar-refractivity contribution in [1.29, 1.82) is 0 Å². The normalized spacial score (nSPS) is 16.7. The lowest BCUT2D eigenvalue weighted by Crippen LogP contribution is -2.55. The van der Waals surface area contributed by atoms with Crippen LogP contribution in [-0.2, 0) is 16.7 Å². The molecule has 1 aromatic heterocycles. The van der Waals surface area contributed by atoms with Crippen LogP contribution in [0.25, 0.3) is 0 Å². The van der Waals surface area contributed by atoms with Gasteiger partial charge in [-0.15, -0.1) is 11.3 Å². The van der Waals surface area contributed by atoms with Crippen molar-refractivity contribution in [2.75, 3.05) is 5.32 Å². The van der Waals surface area contributed by atoms with E-state index in [0.717, 1.165) is 10.4 Å². The van der Waals surface area contributed by atoms with E-state index in [1.54, 1.807) is 13.8 Å². The van der Waals surface area contributed by atoms with E-state index < -0.39 is 40.4 Å². The number of anilines is 1. The van der Waals surface area contributed by atoms with E-state index in [1.165, 1.54) is 11.3 Å². The summed E-state index contributed by atoms with van der Waals surface area (Å²) in [7, 11) is 0. The van der Waals surface area contributed by atoms with Gasteiger partial charge in [0, 0.05) is 21.5 Å². The Morgan fingerprint density at radius 2 is 1.71 bits per heavy atom.